The Balaban J connectivity index is 1.79. The highest BCUT2D eigenvalue weighted by molar-refractivity contribution is 6.30. The van der Waals surface area contributed by atoms with E-state index >= 15 is 0 Å². The van der Waals surface area contributed by atoms with Crippen molar-refractivity contribution in [2.24, 2.45) is 5.41 Å². The third-order valence-electron chi connectivity index (χ3n) is 5.96. The third kappa shape index (κ3) is 2.75. The number of benzene rings is 3. The first-order valence-electron chi connectivity index (χ1n) is 9.73. The van der Waals surface area contributed by atoms with E-state index in [-0.39, 0.29) is 17.1 Å². The molecule has 0 amide bonds. The normalized spacial score (nSPS) is 20.5. The van der Waals surface area contributed by atoms with Crippen LogP contribution in [-0.2, 0) is 4.79 Å². The van der Waals surface area contributed by atoms with E-state index in [0.29, 0.717) is 11.4 Å². The molecular formula is C25H22ClNO. The van der Waals surface area contributed by atoms with Crippen LogP contribution in [0.4, 0.5) is 5.69 Å². The lowest BCUT2D eigenvalue weighted by Crippen LogP contribution is -2.33. The summed E-state index contributed by atoms with van der Waals surface area (Å²) in [6.45, 7) is 4.35. The Labute approximate surface area is 170 Å². The zero-order chi connectivity index (χ0) is 19.5. The molecule has 1 aliphatic carbocycles. The molecule has 1 aliphatic heterocycles. The molecule has 0 bridgehead atoms. The van der Waals surface area contributed by atoms with Crippen LogP contribution in [0, 0.1) is 5.41 Å². The van der Waals surface area contributed by atoms with Gasteiger partial charge < -0.3 is 5.32 Å². The number of allylic oxidation sites excluding steroid dienone is 2. The Morgan fingerprint density at radius 3 is 2.50 bits per heavy atom. The molecule has 3 aromatic carbocycles. The largest absolute Gasteiger partial charge is 0.358 e. The SMILES string of the molecule is CC1(C)CC(=O)C2=C(C1)Nc1c(ccc3ccccc13)C2c1ccc(Cl)cc1. The number of halogens is 1. The van der Waals surface area contributed by atoms with E-state index in [4.69, 9.17) is 11.6 Å². The minimum Gasteiger partial charge on any atom is -0.358 e. The highest BCUT2D eigenvalue weighted by Gasteiger charge is 2.40. The summed E-state index contributed by atoms with van der Waals surface area (Å²) in [6, 6.07) is 20.7. The van der Waals surface area contributed by atoms with Crippen LogP contribution in [0.1, 0.15) is 43.7 Å². The molecule has 2 aliphatic rings. The van der Waals surface area contributed by atoms with Gasteiger partial charge in [-0.3, -0.25) is 4.79 Å². The minimum atomic E-state index is -0.0586. The fraction of sp³-hybridized carbons (Fsp3) is 0.240. The zero-order valence-corrected chi connectivity index (χ0v) is 16.8. The molecular weight excluding hydrogens is 366 g/mol. The van der Waals surface area contributed by atoms with E-state index in [0.717, 1.165) is 34.5 Å². The fourth-order valence-electron chi connectivity index (χ4n) is 4.76. The lowest BCUT2D eigenvalue weighted by molar-refractivity contribution is -0.118. The van der Waals surface area contributed by atoms with Crippen molar-refractivity contribution < 1.29 is 4.79 Å². The molecule has 1 N–H and O–H groups in total. The van der Waals surface area contributed by atoms with Gasteiger partial charge in [0.15, 0.2) is 5.78 Å². The number of hydrogen-bond acceptors (Lipinski definition) is 2. The summed E-state index contributed by atoms with van der Waals surface area (Å²) in [5.41, 5.74) is 5.36. The van der Waals surface area contributed by atoms with Crippen LogP contribution in [0.5, 0.6) is 0 Å². The van der Waals surface area contributed by atoms with Gasteiger partial charge in [0.25, 0.3) is 0 Å². The van der Waals surface area contributed by atoms with Crippen molar-refractivity contribution >= 4 is 33.8 Å². The molecule has 0 saturated carbocycles. The average Bonchev–Trinajstić information content (AvgIpc) is 2.66. The number of anilines is 1. The van der Waals surface area contributed by atoms with Gasteiger partial charge in [-0.2, -0.15) is 0 Å². The van der Waals surface area contributed by atoms with E-state index in [1.165, 1.54) is 10.8 Å². The summed E-state index contributed by atoms with van der Waals surface area (Å²) < 4.78 is 0. The maximum absolute atomic E-state index is 13.2. The molecule has 1 unspecified atom stereocenters. The number of carbonyl (C=O) groups is 1. The molecule has 1 atom stereocenters. The number of rotatable bonds is 1. The molecule has 3 heteroatoms. The Morgan fingerprint density at radius 1 is 0.964 bits per heavy atom. The van der Waals surface area contributed by atoms with Crippen LogP contribution in [-0.4, -0.2) is 5.78 Å². The van der Waals surface area contributed by atoms with E-state index < -0.39 is 0 Å². The number of fused-ring (bicyclic) bond motifs is 3. The van der Waals surface area contributed by atoms with E-state index in [2.05, 4.69) is 67.7 Å². The van der Waals surface area contributed by atoms with Gasteiger partial charge in [-0.1, -0.05) is 74.0 Å². The molecule has 5 rings (SSSR count). The maximum atomic E-state index is 13.2. The number of carbonyl (C=O) groups excluding carboxylic acids is 1. The lowest BCUT2D eigenvalue weighted by atomic mass is 9.68. The number of ketones is 1. The lowest BCUT2D eigenvalue weighted by Gasteiger charge is -2.40. The summed E-state index contributed by atoms with van der Waals surface area (Å²) in [7, 11) is 0. The first kappa shape index (κ1) is 17.5. The molecule has 28 heavy (non-hydrogen) atoms. The van der Waals surface area contributed by atoms with Crippen LogP contribution in [0.15, 0.2) is 71.9 Å². The molecule has 0 saturated heterocycles. The second-order valence-electron chi connectivity index (χ2n) is 8.69. The van der Waals surface area contributed by atoms with Crippen molar-refractivity contribution in [3.8, 4) is 0 Å². The summed E-state index contributed by atoms with van der Waals surface area (Å²) in [5.74, 6) is 0.189. The van der Waals surface area contributed by atoms with Crippen molar-refractivity contribution in [2.45, 2.75) is 32.6 Å². The zero-order valence-electron chi connectivity index (χ0n) is 16.1. The molecule has 140 valence electrons. The third-order valence-corrected chi connectivity index (χ3v) is 6.21. The first-order chi connectivity index (χ1) is 13.4. The summed E-state index contributed by atoms with van der Waals surface area (Å²) in [4.78, 5) is 13.2. The first-order valence-corrected chi connectivity index (χ1v) is 10.1. The van der Waals surface area contributed by atoms with Crippen molar-refractivity contribution in [1.82, 2.24) is 0 Å². The Hall–Kier alpha value is -2.58. The van der Waals surface area contributed by atoms with Gasteiger partial charge in [-0.25, -0.2) is 0 Å². The predicted octanol–water partition coefficient (Wildman–Crippen LogP) is 6.69. The molecule has 0 fully saturated rings. The van der Waals surface area contributed by atoms with Crippen LogP contribution < -0.4 is 5.32 Å². The van der Waals surface area contributed by atoms with E-state index in [1.807, 2.05) is 12.1 Å². The van der Waals surface area contributed by atoms with Crippen LogP contribution in [0.2, 0.25) is 5.02 Å². The molecule has 0 aromatic heterocycles. The standard InChI is InChI=1S/C25H22ClNO/c1-25(2)13-20-23(21(28)14-25)22(16-7-10-17(26)11-8-16)19-12-9-15-5-3-4-6-18(15)24(19)27-20/h3-12,22,27H,13-14H2,1-2H3. The summed E-state index contributed by atoms with van der Waals surface area (Å²) >= 11 is 6.14. The average molecular weight is 388 g/mol. The molecule has 0 spiro atoms. The van der Waals surface area contributed by atoms with Gasteiger partial charge in [-0.15, -0.1) is 0 Å². The highest BCUT2D eigenvalue weighted by Crippen LogP contribution is 2.50. The van der Waals surface area contributed by atoms with Crippen LogP contribution in [0.3, 0.4) is 0 Å². The van der Waals surface area contributed by atoms with E-state index in [1.54, 1.807) is 0 Å². The van der Waals surface area contributed by atoms with Crippen molar-refractivity contribution in [1.29, 1.82) is 0 Å². The smallest absolute Gasteiger partial charge is 0.162 e. The van der Waals surface area contributed by atoms with Gasteiger partial charge in [0.05, 0.1) is 5.69 Å². The number of nitrogens with one attached hydrogen (secondary N) is 1. The topological polar surface area (TPSA) is 29.1 Å². The second kappa shape index (κ2) is 6.22. The fourth-order valence-corrected chi connectivity index (χ4v) is 4.88. The summed E-state index contributed by atoms with van der Waals surface area (Å²) in [6.07, 6.45) is 1.46. The molecule has 1 heterocycles. The molecule has 0 radical (unpaired) electrons. The Kier molecular flexibility index (Phi) is 3.89. The van der Waals surface area contributed by atoms with Crippen molar-refractivity contribution in [2.75, 3.05) is 5.32 Å². The maximum Gasteiger partial charge on any atom is 0.162 e. The van der Waals surface area contributed by atoms with Crippen molar-refractivity contribution in [3.63, 3.8) is 0 Å². The van der Waals surface area contributed by atoms with E-state index in [9.17, 15) is 4.79 Å². The minimum absolute atomic E-state index is 0.0322. The van der Waals surface area contributed by atoms with Crippen molar-refractivity contribution in [3.05, 3.63) is 88.1 Å². The van der Waals surface area contributed by atoms with Gasteiger partial charge in [0.2, 0.25) is 0 Å². The molecule has 3 aromatic rings. The van der Waals surface area contributed by atoms with Crippen LogP contribution >= 0.6 is 11.6 Å². The quantitative estimate of drug-likeness (QED) is 0.503. The second-order valence-corrected chi connectivity index (χ2v) is 9.13. The highest BCUT2D eigenvalue weighted by atomic mass is 35.5. The van der Waals surface area contributed by atoms with Gasteiger partial charge in [0.1, 0.15) is 0 Å². The predicted molar refractivity (Wildman–Crippen MR) is 116 cm³/mol. The monoisotopic (exact) mass is 387 g/mol. The number of Topliss-reactive ketones (excluding diaryl/α,β-unsaturated/α-hetero) is 1. The van der Waals surface area contributed by atoms with Gasteiger partial charge >= 0.3 is 0 Å². The van der Waals surface area contributed by atoms with Gasteiger partial charge in [0, 0.05) is 34.0 Å². The Morgan fingerprint density at radius 2 is 1.71 bits per heavy atom. The molecule has 2 nitrogen and oxygen atoms in total. The Bertz CT molecular complexity index is 1140. The number of hydrogen-bond donors (Lipinski definition) is 1. The van der Waals surface area contributed by atoms with Gasteiger partial charge in [-0.05, 0) is 40.5 Å². The summed E-state index contributed by atoms with van der Waals surface area (Å²) in [5, 5.41) is 6.78. The van der Waals surface area contributed by atoms with Crippen LogP contribution in [0.25, 0.3) is 10.8 Å².